The minimum absolute atomic E-state index is 0.226. The molecule has 1 unspecified atom stereocenters. The fourth-order valence-electron chi connectivity index (χ4n) is 3.25. The van der Waals surface area contributed by atoms with E-state index in [9.17, 15) is 13.6 Å². The van der Waals surface area contributed by atoms with E-state index in [0.717, 1.165) is 28.6 Å². The molecule has 0 bridgehead atoms. The molecule has 2 aromatic carbocycles. The van der Waals surface area contributed by atoms with Crippen molar-refractivity contribution in [3.8, 4) is 0 Å². The van der Waals surface area contributed by atoms with Gasteiger partial charge < -0.3 is 10.6 Å². The van der Waals surface area contributed by atoms with Gasteiger partial charge in [-0.3, -0.25) is 4.68 Å². The summed E-state index contributed by atoms with van der Waals surface area (Å²) in [5, 5.41) is 10.0. The number of aryl methyl sites for hydroxylation is 1. The van der Waals surface area contributed by atoms with Gasteiger partial charge in [0.1, 0.15) is 11.6 Å². The predicted octanol–water partition coefficient (Wildman–Crippen LogP) is 4.39. The molecule has 2 amide bonds. The average Bonchev–Trinajstić information content (AvgIpc) is 2.93. The molecule has 0 saturated carbocycles. The van der Waals surface area contributed by atoms with Gasteiger partial charge in [0.05, 0.1) is 18.3 Å². The van der Waals surface area contributed by atoms with E-state index in [1.807, 2.05) is 48.9 Å². The Morgan fingerprint density at radius 1 is 1.14 bits per heavy atom. The van der Waals surface area contributed by atoms with Crippen LogP contribution < -0.4 is 10.6 Å². The van der Waals surface area contributed by atoms with E-state index in [-0.39, 0.29) is 5.56 Å². The molecule has 0 saturated heterocycles. The van der Waals surface area contributed by atoms with Crippen molar-refractivity contribution in [3.05, 3.63) is 88.2 Å². The molecule has 0 fully saturated rings. The second-order valence-corrected chi connectivity index (χ2v) is 7.01. The van der Waals surface area contributed by atoms with Gasteiger partial charge in [-0.2, -0.15) is 5.10 Å². The van der Waals surface area contributed by atoms with Crippen molar-refractivity contribution in [2.75, 3.05) is 0 Å². The van der Waals surface area contributed by atoms with Crippen molar-refractivity contribution in [2.24, 2.45) is 0 Å². The molecule has 3 aromatic rings. The largest absolute Gasteiger partial charge is 0.334 e. The number of urea groups is 1. The quantitative estimate of drug-likeness (QED) is 0.647. The van der Waals surface area contributed by atoms with E-state index in [1.165, 1.54) is 12.1 Å². The van der Waals surface area contributed by atoms with E-state index in [1.54, 1.807) is 6.92 Å². The van der Waals surface area contributed by atoms with E-state index >= 15 is 0 Å². The topological polar surface area (TPSA) is 59.0 Å². The zero-order chi connectivity index (χ0) is 21.0. The Labute approximate surface area is 168 Å². The fraction of sp³-hybridized carbons (Fsp3) is 0.273. The van der Waals surface area contributed by atoms with E-state index in [2.05, 4.69) is 15.7 Å². The molecule has 2 N–H and O–H groups in total. The molecule has 29 heavy (non-hydrogen) atoms. The number of carbonyl (C=O) groups is 1. The first-order valence-corrected chi connectivity index (χ1v) is 9.41. The number of hydrogen-bond acceptors (Lipinski definition) is 2. The molecule has 0 aliphatic heterocycles. The van der Waals surface area contributed by atoms with Gasteiger partial charge in [-0.1, -0.05) is 36.4 Å². The van der Waals surface area contributed by atoms with Gasteiger partial charge in [0.25, 0.3) is 0 Å². The number of benzene rings is 2. The van der Waals surface area contributed by atoms with Crippen LogP contribution in [0.4, 0.5) is 13.6 Å². The molecule has 152 valence electrons. The van der Waals surface area contributed by atoms with Crippen molar-refractivity contribution in [1.82, 2.24) is 20.4 Å². The van der Waals surface area contributed by atoms with Gasteiger partial charge in [0.15, 0.2) is 0 Å². The number of hydrogen-bond donors (Lipinski definition) is 2. The third-order valence-corrected chi connectivity index (χ3v) is 4.91. The summed E-state index contributed by atoms with van der Waals surface area (Å²) in [6.07, 6.45) is 0. The first-order valence-electron chi connectivity index (χ1n) is 9.41. The first kappa shape index (κ1) is 20.5. The zero-order valence-corrected chi connectivity index (χ0v) is 16.7. The molecule has 0 spiro atoms. The summed E-state index contributed by atoms with van der Waals surface area (Å²) in [5.74, 6) is -1.34. The van der Waals surface area contributed by atoms with Gasteiger partial charge in [0, 0.05) is 29.4 Å². The molecular formula is C22H24F2N4O. The number of aromatic nitrogens is 2. The molecule has 1 atom stereocenters. The maximum Gasteiger partial charge on any atom is 0.315 e. The highest BCUT2D eigenvalue weighted by Gasteiger charge is 2.16. The van der Waals surface area contributed by atoms with Crippen LogP contribution in [0.2, 0.25) is 0 Å². The second-order valence-electron chi connectivity index (χ2n) is 7.01. The second kappa shape index (κ2) is 8.86. The molecule has 0 aliphatic carbocycles. The average molecular weight is 398 g/mol. The van der Waals surface area contributed by atoms with E-state index < -0.39 is 23.7 Å². The minimum Gasteiger partial charge on any atom is -0.334 e. The van der Waals surface area contributed by atoms with Crippen LogP contribution in [0.1, 0.15) is 41.0 Å². The number of amides is 2. The van der Waals surface area contributed by atoms with Crippen molar-refractivity contribution < 1.29 is 13.6 Å². The lowest BCUT2D eigenvalue weighted by atomic mass is 10.1. The van der Waals surface area contributed by atoms with Gasteiger partial charge in [-0.05, 0) is 32.4 Å². The maximum absolute atomic E-state index is 13.9. The Morgan fingerprint density at radius 3 is 2.55 bits per heavy atom. The monoisotopic (exact) mass is 398 g/mol. The molecule has 3 rings (SSSR count). The summed E-state index contributed by atoms with van der Waals surface area (Å²) in [5.41, 5.74) is 4.13. The maximum atomic E-state index is 13.9. The van der Waals surface area contributed by atoms with Gasteiger partial charge in [-0.25, -0.2) is 13.6 Å². The Bertz CT molecular complexity index is 1000. The lowest BCUT2D eigenvalue weighted by Crippen LogP contribution is -2.37. The molecule has 1 aromatic heterocycles. The Kier molecular flexibility index (Phi) is 6.26. The number of nitrogens with one attached hydrogen (secondary N) is 2. The van der Waals surface area contributed by atoms with E-state index in [0.29, 0.717) is 13.1 Å². The summed E-state index contributed by atoms with van der Waals surface area (Å²) >= 11 is 0. The normalized spacial score (nSPS) is 11.9. The summed E-state index contributed by atoms with van der Waals surface area (Å²) in [6, 6.07) is 12.3. The fourth-order valence-corrected chi connectivity index (χ4v) is 3.25. The zero-order valence-electron chi connectivity index (χ0n) is 16.7. The van der Waals surface area contributed by atoms with Crippen LogP contribution in [0, 0.1) is 25.5 Å². The highest BCUT2D eigenvalue weighted by Crippen LogP contribution is 2.18. The smallest absolute Gasteiger partial charge is 0.315 e. The number of halogens is 2. The van der Waals surface area contributed by atoms with Gasteiger partial charge >= 0.3 is 6.03 Å². The van der Waals surface area contributed by atoms with Crippen LogP contribution in [-0.4, -0.2) is 15.8 Å². The lowest BCUT2D eigenvalue weighted by molar-refractivity contribution is 0.237. The number of rotatable bonds is 6. The van der Waals surface area contributed by atoms with E-state index in [4.69, 9.17) is 0 Å². The van der Waals surface area contributed by atoms with Crippen molar-refractivity contribution in [1.29, 1.82) is 0 Å². The third-order valence-electron chi connectivity index (χ3n) is 4.91. The number of carbonyl (C=O) groups excluding carboxylic acids is 1. The molecular weight excluding hydrogens is 374 g/mol. The van der Waals surface area contributed by atoms with Crippen LogP contribution in [-0.2, 0) is 13.1 Å². The molecule has 0 aliphatic rings. The molecule has 7 heteroatoms. The van der Waals surface area contributed by atoms with Crippen molar-refractivity contribution >= 4 is 6.03 Å². The predicted molar refractivity (Wildman–Crippen MR) is 107 cm³/mol. The lowest BCUT2D eigenvalue weighted by Gasteiger charge is -2.16. The van der Waals surface area contributed by atoms with Crippen molar-refractivity contribution in [2.45, 2.75) is 39.9 Å². The Hall–Kier alpha value is -3.22. The standard InChI is InChI=1S/C22H24F2N4O/c1-14(19-10-9-18(23)11-21(19)24)26-22(29)25-12-20-15(2)27-28(16(20)3)13-17-7-5-4-6-8-17/h4-11,14H,12-13H2,1-3H3,(H2,25,26,29). The Morgan fingerprint density at radius 2 is 1.86 bits per heavy atom. The highest BCUT2D eigenvalue weighted by atomic mass is 19.1. The molecule has 5 nitrogen and oxygen atoms in total. The Balaban J connectivity index is 1.61. The summed E-state index contributed by atoms with van der Waals surface area (Å²) in [7, 11) is 0. The third kappa shape index (κ3) is 4.99. The minimum atomic E-state index is -0.688. The van der Waals surface area contributed by atoms with Gasteiger partial charge in [-0.15, -0.1) is 0 Å². The molecule has 0 radical (unpaired) electrons. The van der Waals surface area contributed by atoms with Crippen LogP contribution in [0.15, 0.2) is 48.5 Å². The molecule has 1 heterocycles. The summed E-state index contributed by atoms with van der Waals surface area (Å²) in [6.45, 7) is 6.47. The van der Waals surface area contributed by atoms with Crippen LogP contribution in [0.25, 0.3) is 0 Å². The summed E-state index contributed by atoms with van der Waals surface area (Å²) in [4.78, 5) is 12.3. The number of nitrogens with zero attached hydrogens (tertiary/aromatic N) is 2. The van der Waals surface area contributed by atoms with Crippen LogP contribution in [0.3, 0.4) is 0 Å². The van der Waals surface area contributed by atoms with Crippen molar-refractivity contribution in [3.63, 3.8) is 0 Å². The summed E-state index contributed by atoms with van der Waals surface area (Å²) < 4.78 is 28.8. The van der Waals surface area contributed by atoms with Crippen LogP contribution >= 0.6 is 0 Å². The highest BCUT2D eigenvalue weighted by molar-refractivity contribution is 5.74. The first-order chi connectivity index (χ1) is 13.8. The van der Waals surface area contributed by atoms with Gasteiger partial charge in [0.2, 0.25) is 0 Å². The van der Waals surface area contributed by atoms with Crippen LogP contribution in [0.5, 0.6) is 0 Å². The SMILES string of the molecule is Cc1nn(Cc2ccccc2)c(C)c1CNC(=O)NC(C)c1ccc(F)cc1F.